The number of hydrogen-bond acceptors (Lipinski definition) is 4. The van der Waals surface area contributed by atoms with Crippen LogP contribution in [0.15, 0.2) is 77.5 Å². The van der Waals surface area contributed by atoms with Gasteiger partial charge in [0.05, 0.1) is 6.26 Å². The first-order valence-electron chi connectivity index (χ1n) is 10.2. The van der Waals surface area contributed by atoms with Gasteiger partial charge in [-0.05, 0) is 36.4 Å². The molecule has 0 atom stereocenters. The minimum absolute atomic E-state index is 0.833. The van der Waals surface area contributed by atoms with Crippen LogP contribution in [0.4, 0.5) is 5.69 Å². The van der Waals surface area contributed by atoms with Crippen molar-refractivity contribution in [3.05, 3.63) is 84.3 Å². The fourth-order valence-corrected chi connectivity index (χ4v) is 3.99. The maximum atomic E-state index is 5.84. The van der Waals surface area contributed by atoms with Crippen LogP contribution in [0.1, 0.15) is 11.1 Å². The summed E-state index contributed by atoms with van der Waals surface area (Å²) >= 11 is 0. The Bertz CT molecular complexity index is 1090. The lowest BCUT2D eigenvalue weighted by Crippen LogP contribution is -2.44. The summed E-state index contributed by atoms with van der Waals surface area (Å²) in [5.41, 5.74) is 7.73. The van der Waals surface area contributed by atoms with Gasteiger partial charge in [0.2, 0.25) is 0 Å². The van der Waals surface area contributed by atoms with E-state index in [2.05, 4.69) is 71.4 Å². The third kappa shape index (κ3) is 3.76. The number of hydrogen-bond donors (Lipinski definition) is 0. The number of benzene rings is 2. The molecule has 0 saturated carbocycles. The van der Waals surface area contributed by atoms with E-state index in [1.807, 2.05) is 18.5 Å². The van der Waals surface area contributed by atoms with Crippen LogP contribution in [-0.2, 0) is 6.42 Å². The summed E-state index contributed by atoms with van der Waals surface area (Å²) in [6.07, 6.45) is 4.63. The van der Waals surface area contributed by atoms with Crippen LogP contribution < -0.4 is 4.90 Å². The van der Waals surface area contributed by atoms with Crippen LogP contribution in [-0.4, -0.2) is 43.1 Å². The van der Waals surface area contributed by atoms with Crippen molar-refractivity contribution >= 4 is 16.8 Å². The van der Waals surface area contributed by atoms with E-state index in [-0.39, 0.29) is 0 Å². The molecule has 0 unspecified atom stereocenters. The van der Waals surface area contributed by atoms with Crippen LogP contribution in [0.3, 0.4) is 0 Å². The Hall–Kier alpha value is -3.11. The third-order valence-electron chi connectivity index (χ3n) is 5.79. The van der Waals surface area contributed by atoms with Crippen molar-refractivity contribution in [1.82, 2.24) is 9.88 Å². The number of likely N-dealkylation sites (N-methyl/N-ethyl adjacent to an activating group) is 1. The molecule has 1 saturated heterocycles. The number of aromatic nitrogens is 1. The molecule has 1 aliphatic rings. The maximum absolute atomic E-state index is 5.84. The summed E-state index contributed by atoms with van der Waals surface area (Å²) < 4.78 is 5.84. The minimum atomic E-state index is 0.833. The molecule has 29 heavy (non-hydrogen) atoms. The smallest absolute Gasteiger partial charge is 0.153 e. The van der Waals surface area contributed by atoms with Crippen LogP contribution in [0, 0.1) is 0 Å². The van der Waals surface area contributed by atoms with Crippen molar-refractivity contribution in [2.75, 3.05) is 38.1 Å². The van der Waals surface area contributed by atoms with Gasteiger partial charge in [-0.1, -0.05) is 42.5 Å². The Morgan fingerprint density at radius 3 is 2.41 bits per heavy atom. The molecule has 0 N–H and O–H groups in total. The number of fused-ring (bicyclic) bond motifs is 1. The molecule has 2 aromatic heterocycles. The zero-order valence-corrected chi connectivity index (χ0v) is 16.7. The Kier molecular flexibility index (Phi) is 4.78. The fourth-order valence-electron chi connectivity index (χ4n) is 3.99. The second kappa shape index (κ2) is 7.72. The molecule has 4 aromatic rings. The molecule has 4 heteroatoms. The van der Waals surface area contributed by atoms with Crippen LogP contribution in [0.2, 0.25) is 0 Å². The molecule has 0 amide bonds. The van der Waals surface area contributed by atoms with Gasteiger partial charge < -0.3 is 14.2 Å². The van der Waals surface area contributed by atoms with Crippen molar-refractivity contribution in [3.63, 3.8) is 0 Å². The predicted molar refractivity (Wildman–Crippen MR) is 118 cm³/mol. The van der Waals surface area contributed by atoms with Gasteiger partial charge in [-0.15, -0.1) is 0 Å². The van der Waals surface area contributed by atoms with Gasteiger partial charge in [0.25, 0.3) is 0 Å². The lowest BCUT2D eigenvalue weighted by molar-refractivity contribution is 0.313. The van der Waals surface area contributed by atoms with E-state index >= 15 is 0 Å². The van der Waals surface area contributed by atoms with Gasteiger partial charge in [-0.25, -0.2) is 0 Å². The zero-order valence-electron chi connectivity index (χ0n) is 16.7. The highest BCUT2D eigenvalue weighted by atomic mass is 16.3. The van der Waals surface area contributed by atoms with E-state index < -0.39 is 0 Å². The molecule has 146 valence electrons. The SMILES string of the molecule is CN1CCN(c2ccc(-c3cnc4c(Cc5ccccc5)coc4c3)cc2)CC1. The van der Waals surface area contributed by atoms with Crippen molar-refractivity contribution in [2.24, 2.45) is 0 Å². The first-order chi connectivity index (χ1) is 14.3. The van der Waals surface area contributed by atoms with Crippen molar-refractivity contribution < 1.29 is 4.42 Å². The maximum Gasteiger partial charge on any atom is 0.153 e. The summed E-state index contributed by atoms with van der Waals surface area (Å²) in [6, 6.07) is 21.3. The van der Waals surface area contributed by atoms with Gasteiger partial charge in [0.15, 0.2) is 5.58 Å². The highest BCUT2D eigenvalue weighted by molar-refractivity contribution is 5.82. The summed E-state index contributed by atoms with van der Waals surface area (Å²) in [6.45, 7) is 4.40. The number of nitrogens with zero attached hydrogens (tertiary/aromatic N) is 3. The summed E-state index contributed by atoms with van der Waals surface area (Å²) in [5.74, 6) is 0. The van der Waals surface area contributed by atoms with Gasteiger partial charge in [-0.3, -0.25) is 4.98 Å². The molecule has 1 aliphatic heterocycles. The topological polar surface area (TPSA) is 32.5 Å². The Morgan fingerprint density at radius 2 is 1.66 bits per heavy atom. The summed E-state index contributed by atoms with van der Waals surface area (Å²) in [5, 5.41) is 0. The molecule has 4 nitrogen and oxygen atoms in total. The lowest BCUT2D eigenvalue weighted by Gasteiger charge is -2.34. The Morgan fingerprint density at radius 1 is 0.897 bits per heavy atom. The van der Waals surface area contributed by atoms with Crippen LogP contribution >= 0.6 is 0 Å². The van der Waals surface area contributed by atoms with E-state index in [1.54, 1.807) is 0 Å². The van der Waals surface area contributed by atoms with E-state index in [0.717, 1.165) is 54.8 Å². The molecule has 1 fully saturated rings. The van der Waals surface area contributed by atoms with Crippen LogP contribution in [0.5, 0.6) is 0 Å². The van der Waals surface area contributed by atoms with Crippen molar-refractivity contribution in [2.45, 2.75) is 6.42 Å². The van der Waals surface area contributed by atoms with Gasteiger partial charge in [-0.2, -0.15) is 0 Å². The van der Waals surface area contributed by atoms with Gasteiger partial charge in [0.1, 0.15) is 5.52 Å². The van der Waals surface area contributed by atoms with Gasteiger partial charge >= 0.3 is 0 Å². The quantitative estimate of drug-likeness (QED) is 0.505. The molecule has 5 rings (SSSR count). The molecule has 0 spiro atoms. The molecule has 3 heterocycles. The highest BCUT2D eigenvalue weighted by Gasteiger charge is 2.14. The fraction of sp³-hybridized carbons (Fsp3) is 0.240. The third-order valence-corrected chi connectivity index (χ3v) is 5.79. The zero-order chi connectivity index (χ0) is 19.6. The monoisotopic (exact) mass is 383 g/mol. The average Bonchev–Trinajstić information content (AvgIpc) is 3.17. The summed E-state index contributed by atoms with van der Waals surface area (Å²) in [4.78, 5) is 9.55. The highest BCUT2D eigenvalue weighted by Crippen LogP contribution is 2.28. The average molecular weight is 383 g/mol. The van der Waals surface area contributed by atoms with E-state index in [1.165, 1.54) is 16.8 Å². The van der Waals surface area contributed by atoms with E-state index in [9.17, 15) is 0 Å². The second-order valence-corrected chi connectivity index (χ2v) is 7.83. The van der Waals surface area contributed by atoms with Crippen LogP contribution in [0.25, 0.3) is 22.2 Å². The standard InChI is InChI=1S/C25H25N3O/c1-27-11-13-28(14-12-27)23-9-7-20(8-10-23)21-16-24-25(26-17-21)22(18-29-24)15-19-5-3-2-4-6-19/h2-10,16-18H,11-15H2,1H3. The Labute approximate surface area is 171 Å². The summed E-state index contributed by atoms with van der Waals surface area (Å²) in [7, 11) is 2.18. The van der Waals surface area contributed by atoms with Crippen molar-refractivity contribution in [3.8, 4) is 11.1 Å². The molecule has 0 radical (unpaired) electrons. The number of furan rings is 1. The predicted octanol–water partition coefficient (Wildman–Crippen LogP) is 4.84. The second-order valence-electron chi connectivity index (χ2n) is 7.83. The molecule has 2 aromatic carbocycles. The lowest BCUT2D eigenvalue weighted by atomic mass is 10.0. The van der Waals surface area contributed by atoms with Gasteiger partial charge in [0, 0.05) is 55.6 Å². The molecular weight excluding hydrogens is 358 g/mol. The number of piperazine rings is 1. The van der Waals surface area contributed by atoms with Crippen molar-refractivity contribution in [1.29, 1.82) is 0 Å². The Balaban J connectivity index is 1.36. The number of rotatable bonds is 4. The normalized spacial score (nSPS) is 15.1. The number of anilines is 1. The first kappa shape index (κ1) is 18.0. The number of pyridine rings is 1. The van der Waals surface area contributed by atoms with E-state index in [0.29, 0.717) is 0 Å². The largest absolute Gasteiger partial charge is 0.462 e. The first-order valence-corrected chi connectivity index (χ1v) is 10.2. The van der Waals surface area contributed by atoms with E-state index in [4.69, 9.17) is 9.40 Å². The molecule has 0 bridgehead atoms. The minimum Gasteiger partial charge on any atom is -0.462 e. The molecular formula is C25H25N3O. The molecule has 0 aliphatic carbocycles.